The summed E-state index contributed by atoms with van der Waals surface area (Å²) in [5.41, 5.74) is 0.850. The lowest BCUT2D eigenvalue weighted by Crippen LogP contribution is -2.39. The highest BCUT2D eigenvalue weighted by Gasteiger charge is 2.50. The Morgan fingerprint density at radius 2 is 2.24 bits per heavy atom. The van der Waals surface area contributed by atoms with Crippen molar-refractivity contribution >= 4 is 21.8 Å². The number of carbonyl (C=O) groups excluding carboxylic acids is 1. The van der Waals surface area contributed by atoms with E-state index in [-0.39, 0.29) is 17.9 Å². The first-order valence-corrected chi connectivity index (χ1v) is 11.1. The fourth-order valence-electron chi connectivity index (χ4n) is 4.26. The highest BCUT2D eigenvalue weighted by molar-refractivity contribution is 7.88. The molecule has 1 aromatic heterocycles. The fraction of sp³-hybridized carbons (Fsp3) is 0.474. The molecule has 1 spiro atoms. The van der Waals surface area contributed by atoms with Crippen molar-refractivity contribution in [2.75, 3.05) is 24.7 Å². The van der Waals surface area contributed by atoms with Gasteiger partial charge in [0.1, 0.15) is 5.82 Å². The van der Waals surface area contributed by atoms with E-state index < -0.39 is 21.9 Å². The van der Waals surface area contributed by atoms with Gasteiger partial charge in [-0.05, 0) is 48.3 Å². The molecule has 0 bridgehead atoms. The number of sulfonamides is 1. The van der Waals surface area contributed by atoms with Crippen molar-refractivity contribution in [1.29, 1.82) is 0 Å². The van der Waals surface area contributed by atoms with Crippen molar-refractivity contribution in [1.82, 2.24) is 9.29 Å². The summed E-state index contributed by atoms with van der Waals surface area (Å²) >= 11 is 0. The quantitative estimate of drug-likeness (QED) is 0.793. The summed E-state index contributed by atoms with van der Waals surface area (Å²) < 4.78 is 49.5. The Hall–Kier alpha value is -2.46. The summed E-state index contributed by atoms with van der Waals surface area (Å²) in [6, 6.07) is 4.58. The molecule has 10 heteroatoms. The number of aromatic nitrogens is 1. The average molecular weight is 423 g/mol. The summed E-state index contributed by atoms with van der Waals surface area (Å²) in [4.78, 5) is 15.5. The molecule has 1 saturated heterocycles. The van der Waals surface area contributed by atoms with Crippen LogP contribution in [-0.2, 0) is 21.4 Å². The SMILES string of the molecule is CS(=O)(=O)N1CCC2(CC(c3ccc(NC(=O)OCc4cnco4)cc3F)C2)C1. The molecule has 1 aliphatic carbocycles. The number of anilines is 1. The monoisotopic (exact) mass is 423 g/mol. The second kappa shape index (κ2) is 7.42. The van der Waals surface area contributed by atoms with Crippen LogP contribution in [0, 0.1) is 11.2 Å². The van der Waals surface area contributed by atoms with Crippen LogP contribution in [0.3, 0.4) is 0 Å². The molecule has 1 amide bonds. The van der Waals surface area contributed by atoms with Crippen LogP contribution in [-0.4, -0.2) is 43.1 Å². The van der Waals surface area contributed by atoms with Crippen LogP contribution in [0.25, 0.3) is 0 Å². The highest BCUT2D eigenvalue weighted by Crippen LogP contribution is 2.56. The number of hydrogen-bond acceptors (Lipinski definition) is 6. The summed E-state index contributed by atoms with van der Waals surface area (Å²) in [6.45, 7) is 0.981. The number of benzene rings is 1. The lowest BCUT2D eigenvalue weighted by atomic mass is 9.59. The Labute approximate surface area is 168 Å². The van der Waals surface area contributed by atoms with Gasteiger partial charge in [0, 0.05) is 18.8 Å². The van der Waals surface area contributed by atoms with E-state index in [9.17, 15) is 17.6 Å². The third kappa shape index (κ3) is 4.27. The second-order valence-electron chi connectivity index (χ2n) is 7.86. The first-order valence-electron chi connectivity index (χ1n) is 9.30. The third-order valence-corrected chi connectivity index (χ3v) is 7.00. The molecule has 0 radical (unpaired) electrons. The zero-order valence-electron chi connectivity index (χ0n) is 15.9. The van der Waals surface area contributed by atoms with E-state index in [2.05, 4.69) is 10.3 Å². The summed E-state index contributed by atoms with van der Waals surface area (Å²) in [7, 11) is -3.18. The summed E-state index contributed by atoms with van der Waals surface area (Å²) in [5.74, 6) is 0.0692. The normalized spacial score (nSPS) is 24.4. The van der Waals surface area contributed by atoms with Gasteiger partial charge in [-0.3, -0.25) is 5.32 Å². The number of carbonyl (C=O) groups is 1. The number of nitrogens with zero attached hydrogens (tertiary/aromatic N) is 2. The van der Waals surface area contributed by atoms with Crippen molar-refractivity contribution in [2.24, 2.45) is 5.41 Å². The van der Waals surface area contributed by atoms with Gasteiger partial charge in [0.05, 0.1) is 12.5 Å². The third-order valence-electron chi connectivity index (χ3n) is 5.75. The smallest absolute Gasteiger partial charge is 0.412 e. The van der Waals surface area contributed by atoms with Crippen LogP contribution in [0.4, 0.5) is 14.9 Å². The Balaban J connectivity index is 1.32. The minimum atomic E-state index is -3.18. The number of amides is 1. The number of ether oxygens (including phenoxy) is 1. The Morgan fingerprint density at radius 3 is 2.86 bits per heavy atom. The molecule has 0 atom stereocenters. The molecule has 1 N–H and O–H groups in total. The van der Waals surface area contributed by atoms with E-state index in [1.54, 1.807) is 12.1 Å². The van der Waals surface area contributed by atoms with Gasteiger partial charge in [0.15, 0.2) is 18.8 Å². The number of rotatable bonds is 5. The van der Waals surface area contributed by atoms with Crippen molar-refractivity contribution in [3.05, 3.63) is 47.9 Å². The molecule has 1 aromatic carbocycles. The molecule has 156 valence electrons. The lowest BCUT2D eigenvalue weighted by Gasteiger charge is -2.45. The van der Waals surface area contributed by atoms with E-state index in [0.717, 1.165) is 19.3 Å². The standard InChI is InChI=1S/C19H22FN3O5S/c1-29(25,26)23-5-4-19(11-23)7-13(8-19)16-3-2-14(6-17(16)20)22-18(24)27-10-15-9-21-12-28-15/h2-3,6,9,12-13H,4-5,7-8,10-11H2,1H3,(H,22,24). The number of hydrogen-bond donors (Lipinski definition) is 1. The van der Waals surface area contributed by atoms with Gasteiger partial charge in [-0.1, -0.05) is 6.07 Å². The van der Waals surface area contributed by atoms with Crippen LogP contribution in [0.15, 0.2) is 35.2 Å². The number of oxazole rings is 1. The maximum Gasteiger partial charge on any atom is 0.412 e. The average Bonchev–Trinajstić information content (AvgIpc) is 3.29. The lowest BCUT2D eigenvalue weighted by molar-refractivity contribution is 0.117. The minimum Gasteiger partial charge on any atom is -0.445 e. The molecule has 0 unspecified atom stereocenters. The molecular formula is C19H22FN3O5S. The highest BCUT2D eigenvalue weighted by atomic mass is 32.2. The van der Waals surface area contributed by atoms with Crippen LogP contribution in [0.1, 0.15) is 36.5 Å². The van der Waals surface area contributed by atoms with Gasteiger partial charge in [0.25, 0.3) is 0 Å². The van der Waals surface area contributed by atoms with Gasteiger partial charge >= 0.3 is 6.09 Å². The van der Waals surface area contributed by atoms with Gasteiger partial charge in [0.2, 0.25) is 10.0 Å². The maximum atomic E-state index is 14.6. The molecule has 2 heterocycles. The van der Waals surface area contributed by atoms with E-state index in [4.69, 9.17) is 9.15 Å². The Bertz CT molecular complexity index is 1000. The maximum absolute atomic E-state index is 14.6. The first-order chi connectivity index (χ1) is 13.7. The molecule has 2 aliphatic rings. The summed E-state index contributed by atoms with van der Waals surface area (Å²) in [6.07, 6.45) is 5.53. The number of nitrogens with one attached hydrogen (secondary N) is 1. The van der Waals surface area contributed by atoms with Crippen molar-refractivity contribution in [2.45, 2.75) is 31.8 Å². The Morgan fingerprint density at radius 1 is 1.45 bits per heavy atom. The molecular weight excluding hydrogens is 401 g/mol. The van der Waals surface area contributed by atoms with Gasteiger partial charge in [-0.2, -0.15) is 0 Å². The molecule has 2 fully saturated rings. The van der Waals surface area contributed by atoms with Crippen LogP contribution >= 0.6 is 0 Å². The first kappa shape index (κ1) is 19.8. The predicted octanol–water partition coefficient (Wildman–Crippen LogP) is 3.09. The molecule has 29 heavy (non-hydrogen) atoms. The minimum absolute atomic E-state index is 0.0401. The predicted molar refractivity (Wildman–Crippen MR) is 102 cm³/mol. The van der Waals surface area contributed by atoms with E-state index in [0.29, 0.717) is 30.1 Å². The van der Waals surface area contributed by atoms with Crippen molar-refractivity contribution < 1.29 is 26.8 Å². The van der Waals surface area contributed by atoms with Crippen LogP contribution < -0.4 is 5.32 Å². The zero-order chi connectivity index (χ0) is 20.6. The van der Waals surface area contributed by atoms with Gasteiger partial charge in [-0.25, -0.2) is 26.9 Å². The molecule has 8 nitrogen and oxygen atoms in total. The van der Waals surface area contributed by atoms with E-state index >= 15 is 0 Å². The Kier molecular flexibility index (Phi) is 5.07. The molecule has 2 aromatic rings. The number of halogens is 1. The molecule has 4 rings (SSSR count). The van der Waals surface area contributed by atoms with E-state index in [1.165, 1.54) is 29.2 Å². The van der Waals surface area contributed by atoms with Gasteiger partial charge in [-0.15, -0.1) is 0 Å². The molecule has 1 aliphatic heterocycles. The van der Waals surface area contributed by atoms with Crippen molar-refractivity contribution in [3.8, 4) is 0 Å². The summed E-state index contributed by atoms with van der Waals surface area (Å²) in [5, 5.41) is 2.48. The van der Waals surface area contributed by atoms with Crippen LogP contribution in [0.5, 0.6) is 0 Å². The topological polar surface area (TPSA) is 102 Å². The second-order valence-corrected chi connectivity index (χ2v) is 9.84. The largest absolute Gasteiger partial charge is 0.445 e. The van der Waals surface area contributed by atoms with Crippen LogP contribution in [0.2, 0.25) is 0 Å². The zero-order valence-corrected chi connectivity index (χ0v) is 16.7. The molecule has 1 saturated carbocycles. The van der Waals surface area contributed by atoms with Crippen molar-refractivity contribution in [3.63, 3.8) is 0 Å². The fourth-order valence-corrected chi connectivity index (χ4v) is 5.19. The van der Waals surface area contributed by atoms with E-state index in [1.807, 2.05) is 0 Å². The van der Waals surface area contributed by atoms with Gasteiger partial charge < -0.3 is 9.15 Å².